The molecular weight excluding hydrogens is 342 g/mol. The van der Waals surface area contributed by atoms with Crippen molar-refractivity contribution in [1.29, 1.82) is 0 Å². The summed E-state index contributed by atoms with van der Waals surface area (Å²) in [5.74, 6) is 0.936. The summed E-state index contributed by atoms with van der Waals surface area (Å²) in [6, 6.07) is -0.0758. The van der Waals surface area contributed by atoms with Crippen LogP contribution < -0.4 is 0 Å². The Bertz CT molecular complexity index is 698. The molecule has 27 heavy (non-hydrogen) atoms. The first-order chi connectivity index (χ1) is 12.9. The van der Waals surface area contributed by atoms with E-state index in [0.717, 1.165) is 51.7 Å². The van der Waals surface area contributed by atoms with E-state index in [1.54, 1.807) is 20.3 Å². The Morgan fingerprint density at radius 3 is 2.44 bits per heavy atom. The fourth-order valence-corrected chi connectivity index (χ4v) is 4.05. The number of carbonyl (C=O) groups excluding carboxylic acids is 2. The largest absolute Gasteiger partial charge is 0.345 e. The minimum Gasteiger partial charge on any atom is -0.345 e. The summed E-state index contributed by atoms with van der Waals surface area (Å²) in [4.78, 5) is 40.4. The lowest BCUT2D eigenvalue weighted by Gasteiger charge is -2.39. The van der Waals surface area contributed by atoms with E-state index in [1.807, 2.05) is 11.8 Å². The maximum Gasteiger partial charge on any atom is 0.256 e. The van der Waals surface area contributed by atoms with E-state index in [4.69, 9.17) is 0 Å². The molecule has 3 rings (SSSR count). The van der Waals surface area contributed by atoms with Gasteiger partial charge in [-0.25, -0.2) is 9.97 Å². The average molecular weight is 374 g/mol. The molecule has 0 saturated carbocycles. The van der Waals surface area contributed by atoms with Crippen molar-refractivity contribution in [3.05, 3.63) is 23.3 Å². The predicted octanol–water partition coefficient (Wildman–Crippen LogP) is 1.88. The number of hydrogen-bond donors (Lipinski definition) is 0. The molecule has 0 unspecified atom stereocenters. The van der Waals surface area contributed by atoms with Crippen LogP contribution in [0.3, 0.4) is 0 Å². The van der Waals surface area contributed by atoms with Gasteiger partial charge in [0.2, 0.25) is 5.91 Å². The van der Waals surface area contributed by atoms with Gasteiger partial charge in [0, 0.05) is 32.8 Å². The van der Waals surface area contributed by atoms with Crippen molar-refractivity contribution in [2.75, 3.05) is 40.8 Å². The van der Waals surface area contributed by atoms with Gasteiger partial charge in [0.25, 0.3) is 5.91 Å². The average Bonchev–Trinajstić information content (AvgIpc) is 2.67. The van der Waals surface area contributed by atoms with Gasteiger partial charge in [-0.05, 0) is 59.2 Å². The van der Waals surface area contributed by atoms with E-state index >= 15 is 0 Å². The monoisotopic (exact) mass is 373 g/mol. The van der Waals surface area contributed by atoms with Gasteiger partial charge in [0.05, 0.1) is 17.3 Å². The molecule has 0 radical (unpaired) electrons. The molecule has 3 heterocycles. The van der Waals surface area contributed by atoms with Crippen LogP contribution in [0.25, 0.3) is 0 Å². The molecule has 0 bridgehead atoms. The highest BCUT2D eigenvalue weighted by Gasteiger charge is 2.35. The molecule has 7 nitrogen and oxygen atoms in total. The van der Waals surface area contributed by atoms with E-state index in [0.29, 0.717) is 17.1 Å². The maximum absolute atomic E-state index is 13.2. The number of likely N-dealkylation sites (tertiary alicyclic amines) is 2. The molecule has 2 amide bonds. The molecule has 2 aliphatic rings. The van der Waals surface area contributed by atoms with Crippen molar-refractivity contribution < 1.29 is 9.59 Å². The number of amides is 2. The van der Waals surface area contributed by atoms with E-state index in [2.05, 4.69) is 21.9 Å². The molecule has 148 valence electrons. The lowest BCUT2D eigenvalue weighted by Crippen LogP contribution is -2.45. The van der Waals surface area contributed by atoms with Crippen molar-refractivity contribution in [3.63, 3.8) is 0 Å². The third-order valence-corrected chi connectivity index (χ3v) is 5.79. The topological polar surface area (TPSA) is 69.6 Å². The number of aromatic nitrogens is 2. The molecule has 2 fully saturated rings. The fourth-order valence-electron chi connectivity index (χ4n) is 4.05. The van der Waals surface area contributed by atoms with Crippen LogP contribution in [0, 0.1) is 12.8 Å². The zero-order valence-electron chi connectivity index (χ0n) is 16.9. The first-order valence-electron chi connectivity index (χ1n) is 9.92. The number of nitrogens with zero attached hydrogens (tertiary/aromatic N) is 5. The Kier molecular flexibility index (Phi) is 6.09. The molecule has 0 aliphatic carbocycles. The first-order valence-corrected chi connectivity index (χ1v) is 9.92. The van der Waals surface area contributed by atoms with Crippen LogP contribution in [0.15, 0.2) is 6.20 Å². The smallest absolute Gasteiger partial charge is 0.256 e. The second-order valence-corrected chi connectivity index (χ2v) is 8.05. The SMILES string of the molecule is Cc1nc([C@H]2CCCCN2C(=O)C2CCN(C)CC2)ncc1C(=O)N(C)C. The van der Waals surface area contributed by atoms with Crippen molar-refractivity contribution in [1.82, 2.24) is 24.7 Å². The summed E-state index contributed by atoms with van der Waals surface area (Å²) in [5.41, 5.74) is 1.20. The lowest BCUT2D eigenvalue weighted by atomic mass is 9.92. The molecule has 2 aliphatic heterocycles. The summed E-state index contributed by atoms with van der Waals surface area (Å²) in [6.07, 6.45) is 6.46. The number of piperidine rings is 2. The van der Waals surface area contributed by atoms with E-state index < -0.39 is 0 Å². The summed E-state index contributed by atoms with van der Waals surface area (Å²) < 4.78 is 0. The molecule has 1 atom stereocenters. The zero-order chi connectivity index (χ0) is 19.6. The van der Waals surface area contributed by atoms with Gasteiger partial charge < -0.3 is 14.7 Å². The van der Waals surface area contributed by atoms with Crippen LogP contribution in [0.2, 0.25) is 0 Å². The molecule has 1 aromatic rings. The van der Waals surface area contributed by atoms with Gasteiger partial charge >= 0.3 is 0 Å². The Hall–Kier alpha value is -2.02. The summed E-state index contributed by atoms with van der Waals surface area (Å²) in [5, 5.41) is 0. The van der Waals surface area contributed by atoms with Gasteiger partial charge in [-0.1, -0.05) is 0 Å². The van der Waals surface area contributed by atoms with Crippen LogP contribution in [0.1, 0.15) is 60.0 Å². The summed E-state index contributed by atoms with van der Waals surface area (Å²) >= 11 is 0. The van der Waals surface area contributed by atoms with Crippen molar-refractivity contribution >= 4 is 11.8 Å². The molecule has 0 aromatic carbocycles. The van der Waals surface area contributed by atoms with Crippen molar-refractivity contribution in [2.45, 2.75) is 45.1 Å². The highest BCUT2D eigenvalue weighted by atomic mass is 16.2. The van der Waals surface area contributed by atoms with Crippen LogP contribution in [0.5, 0.6) is 0 Å². The summed E-state index contributed by atoms with van der Waals surface area (Å²) in [6.45, 7) is 4.57. The fraction of sp³-hybridized carbons (Fsp3) is 0.700. The normalized spacial score (nSPS) is 21.9. The van der Waals surface area contributed by atoms with Gasteiger partial charge in [-0.2, -0.15) is 0 Å². The number of hydrogen-bond acceptors (Lipinski definition) is 5. The third kappa shape index (κ3) is 4.29. The van der Waals surface area contributed by atoms with Gasteiger partial charge in [-0.15, -0.1) is 0 Å². The molecule has 0 spiro atoms. The second kappa shape index (κ2) is 8.33. The maximum atomic E-state index is 13.2. The number of carbonyl (C=O) groups is 2. The van der Waals surface area contributed by atoms with E-state index in [1.165, 1.54) is 4.90 Å². The summed E-state index contributed by atoms with van der Waals surface area (Å²) in [7, 11) is 5.55. The Morgan fingerprint density at radius 2 is 1.81 bits per heavy atom. The molecule has 1 aromatic heterocycles. The molecule has 2 saturated heterocycles. The first kappa shape index (κ1) is 19.7. The van der Waals surface area contributed by atoms with Gasteiger partial charge in [0.1, 0.15) is 0 Å². The van der Waals surface area contributed by atoms with Gasteiger partial charge in [0.15, 0.2) is 5.82 Å². The highest BCUT2D eigenvalue weighted by molar-refractivity contribution is 5.94. The number of aryl methyl sites for hydroxylation is 1. The minimum atomic E-state index is -0.0954. The zero-order valence-corrected chi connectivity index (χ0v) is 16.9. The number of rotatable bonds is 3. The minimum absolute atomic E-state index is 0.0758. The third-order valence-electron chi connectivity index (χ3n) is 5.79. The quantitative estimate of drug-likeness (QED) is 0.809. The van der Waals surface area contributed by atoms with Crippen LogP contribution >= 0.6 is 0 Å². The van der Waals surface area contributed by atoms with Crippen LogP contribution in [0.4, 0.5) is 0 Å². The molecule has 7 heteroatoms. The standard InChI is InChI=1S/C20H31N5O2/c1-14-16(20(27)23(2)3)13-21-18(22-14)17-7-5-6-10-25(17)19(26)15-8-11-24(4)12-9-15/h13,15,17H,5-12H2,1-4H3/t17-/m1/s1. The Morgan fingerprint density at radius 1 is 1.11 bits per heavy atom. The van der Waals surface area contributed by atoms with Crippen LogP contribution in [-0.4, -0.2) is 77.3 Å². The van der Waals surface area contributed by atoms with Crippen molar-refractivity contribution in [3.8, 4) is 0 Å². The highest BCUT2D eigenvalue weighted by Crippen LogP contribution is 2.32. The lowest BCUT2D eigenvalue weighted by molar-refractivity contribution is -0.141. The van der Waals surface area contributed by atoms with Gasteiger partial charge in [-0.3, -0.25) is 9.59 Å². The molecular formula is C20H31N5O2. The predicted molar refractivity (Wildman–Crippen MR) is 103 cm³/mol. The van der Waals surface area contributed by atoms with Crippen LogP contribution in [-0.2, 0) is 4.79 Å². The van der Waals surface area contributed by atoms with E-state index in [-0.39, 0.29) is 23.8 Å². The van der Waals surface area contributed by atoms with Crippen molar-refractivity contribution in [2.24, 2.45) is 5.92 Å². The molecule has 0 N–H and O–H groups in total. The Labute approximate surface area is 161 Å². The van der Waals surface area contributed by atoms with E-state index in [9.17, 15) is 9.59 Å². The second-order valence-electron chi connectivity index (χ2n) is 8.05. The Balaban J connectivity index is 1.80.